The van der Waals surface area contributed by atoms with E-state index in [0.717, 1.165) is 10.0 Å². The molecule has 0 aliphatic carbocycles. The first-order valence-electron chi connectivity index (χ1n) is 6.90. The van der Waals surface area contributed by atoms with Crippen molar-refractivity contribution in [1.29, 1.82) is 0 Å². The van der Waals surface area contributed by atoms with E-state index in [4.69, 9.17) is 16.3 Å². The maximum absolute atomic E-state index is 12.1. The van der Waals surface area contributed by atoms with Crippen molar-refractivity contribution in [3.63, 3.8) is 0 Å². The minimum atomic E-state index is -0.925. The molecule has 4 nitrogen and oxygen atoms in total. The van der Waals surface area contributed by atoms with Gasteiger partial charge >= 0.3 is 5.97 Å². The lowest BCUT2D eigenvalue weighted by molar-refractivity contribution is -0.123. The molecule has 0 aliphatic rings. The summed E-state index contributed by atoms with van der Waals surface area (Å²) >= 11 is 9.30. The first-order chi connectivity index (χ1) is 10.9. The molecule has 0 aromatic heterocycles. The maximum atomic E-state index is 12.1. The molecule has 6 heteroatoms. The zero-order valence-electron chi connectivity index (χ0n) is 12.6. The lowest BCUT2D eigenvalue weighted by Crippen LogP contribution is -2.30. The number of hydrogen-bond acceptors (Lipinski definition) is 3. The summed E-state index contributed by atoms with van der Waals surface area (Å²) in [5.74, 6) is -0.975. The summed E-state index contributed by atoms with van der Waals surface area (Å²) in [6.07, 6.45) is -0.925. The molecule has 1 atom stereocenters. The number of hydrogen-bond donors (Lipinski definition) is 1. The van der Waals surface area contributed by atoms with E-state index in [1.807, 2.05) is 6.92 Å². The summed E-state index contributed by atoms with van der Waals surface area (Å²) in [6, 6.07) is 11.9. The largest absolute Gasteiger partial charge is 0.449 e. The third kappa shape index (κ3) is 4.81. The van der Waals surface area contributed by atoms with Crippen LogP contribution >= 0.6 is 27.5 Å². The Morgan fingerprint density at radius 2 is 1.83 bits per heavy atom. The van der Waals surface area contributed by atoms with E-state index in [1.54, 1.807) is 42.5 Å². The molecule has 0 aliphatic heterocycles. The van der Waals surface area contributed by atoms with Crippen LogP contribution in [0.4, 0.5) is 5.69 Å². The first-order valence-corrected chi connectivity index (χ1v) is 8.07. The van der Waals surface area contributed by atoms with Crippen molar-refractivity contribution in [2.75, 3.05) is 5.32 Å². The van der Waals surface area contributed by atoms with Gasteiger partial charge in [0.15, 0.2) is 6.10 Å². The number of esters is 1. The van der Waals surface area contributed by atoms with E-state index in [0.29, 0.717) is 16.3 Å². The highest BCUT2D eigenvalue weighted by atomic mass is 79.9. The van der Waals surface area contributed by atoms with Crippen LogP contribution in [0.2, 0.25) is 5.02 Å². The Bertz CT molecular complexity index is 731. The molecule has 0 saturated heterocycles. The van der Waals surface area contributed by atoms with Gasteiger partial charge in [-0.3, -0.25) is 4.79 Å². The molecule has 0 heterocycles. The average molecular weight is 397 g/mol. The van der Waals surface area contributed by atoms with Gasteiger partial charge < -0.3 is 10.1 Å². The normalized spacial score (nSPS) is 11.7. The summed E-state index contributed by atoms with van der Waals surface area (Å²) in [4.78, 5) is 24.1. The Morgan fingerprint density at radius 3 is 2.43 bits per heavy atom. The van der Waals surface area contributed by atoms with Gasteiger partial charge in [0.2, 0.25) is 0 Å². The Balaban J connectivity index is 1.97. The summed E-state index contributed by atoms with van der Waals surface area (Å²) < 4.78 is 6.02. The number of carbonyl (C=O) groups excluding carboxylic acids is 2. The average Bonchev–Trinajstić information content (AvgIpc) is 2.51. The molecule has 2 aromatic carbocycles. The van der Waals surface area contributed by atoms with Crippen molar-refractivity contribution in [1.82, 2.24) is 0 Å². The van der Waals surface area contributed by atoms with E-state index in [-0.39, 0.29) is 0 Å². The highest BCUT2D eigenvalue weighted by molar-refractivity contribution is 9.10. The first kappa shape index (κ1) is 17.5. The molecule has 120 valence electrons. The number of aryl methyl sites for hydroxylation is 1. The zero-order valence-corrected chi connectivity index (χ0v) is 14.9. The second-order valence-corrected chi connectivity index (χ2v) is 6.33. The van der Waals surface area contributed by atoms with Crippen molar-refractivity contribution in [2.24, 2.45) is 0 Å². The van der Waals surface area contributed by atoms with E-state index < -0.39 is 18.0 Å². The maximum Gasteiger partial charge on any atom is 0.338 e. The van der Waals surface area contributed by atoms with E-state index in [9.17, 15) is 9.59 Å². The van der Waals surface area contributed by atoms with Crippen LogP contribution in [0.3, 0.4) is 0 Å². The Hall–Kier alpha value is -1.85. The van der Waals surface area contributed by atoms with Crippen LogP contribution in [0.1, 0.15) is 22.8 Å². The van der Waals surface area contributed by atoms with Gasteiger partial charge in [-0.15, -0.1) is 0 Å². The highest BCUT2D eigenvalue weighted by Gasteiger charge is 2.19. The fraction of sp³-hybridized carbons (Fsp3) is 0.176. The Morgan fingerprint density at radius 1 is 1.17 bits per heavy atom. The molecule has 2 rings (SSSR count). The SMILES string of the molecule is Cc1ccc(NC(=O)[C@@H](C)OC(=O)c2ccc(Br)cc2)cc1Cl. The molecule has 2 aromatic rings. The van der Waals surface area contributed by atoms with Crippen molar-refractivity contribution >= 4 is 45.1 Å². The van der Waals surface area contributed by atoms with Crippen molar-refractivity contribution < 1.29 is 14.3 Å². The zero-order chi connectivity index (χ0) is 17.0. The van der Waals surface area contributed by atoms with E-state index >= 15 is 0 Å². The van der Waals surface area contributed by atoms with Gasteiger partial charge in [-0.2, -0.15) is 0 Å². The van der Waals surface area contributed by atoms with Crippen LogP contribution in [-0.2, 0) is 9.53 Å². The number of amides is 1. The Kier molecular flexibility index (Phi) is 5.80. The predicted octanol–water partition coefficient (Wildman–Crippen LogP) is 4.59. The Labute approximate surface area is 147 Å². The number of nitrogens with one attached hydrogen (secondary N) is 1. The van der Waals surface area contributed by atoms with Crippen molar-refractivity contribution in [2.45, 2.75) is 20.0 Å². The number of carbonyl (C=O) groups is 2. The van der Waals surface area contributed by atoms with Gasteiger partial charge in [-0.1, -0.05) is 33.6 Å². The van der Waals surface area contributed by atoms with E-state index in [2.05, 4.69) is 21.2 Å². The molecule has 1 amide bonds. The third-order valence-corrected chi connectivity index (χ3v) is 4.11. The molecule has 0 radical (unpaired) electrons. The summed E-state index contributed by atoms with van der Waals surface area (Å²) in [7, 11) is 0. The molecule has 0 saturated carbocycles. The van der Waals surface area contributed by atoms with Gasteiger partial charge in [-0.25, -0.2) is 4.79 Å². The fourth-order valence-electron chi connectivity index (χ4n) is 1.78. The highest BCUT2D eigenvalue weighted by Crippen LogP contribution is 2.20. The summed E-state index contributed by atoms with van der Waals surface area (Å²) in [5, 5.41) is 3.23. The molecule has 0 fully saturated rings. The van der Waals surface area contributed by atoms with Crippen LogP contribution in [0.5, 0.6) is 0 Å². The minimum absolute atomic E-state index is 0.381. The standard InChI is InChI=1S/C17H15BrClNO3/c1-10-3-8-14(9-15(10)19)20-16(21)11(2)23-17(22)12-4-6-13(18)7-5-12/h3-9,11H,1-2H3,(H,20,21)/t11-/m1/s1. The third-order valence-electron chi connectivity index (χ3n) is 3.17. The van der Waals surface area contributed by atoms with Gasteiger partial charge in [0.25, 0.3) is 5.91 Å². The molecule has 23 heavy (non-hydrogen) atoms. The smallest absolute Gasteiger partial charge is 0.338 e. The van der Waals surface area contributed by atoms with E-state index in [1.165, 1.54) is 6.92 Å². The number of halogens is 2. The van der Waals surface area contributed by atoms with Crippen molar-refractivity contribution in [3.05, 3.63) is 63.1 Å². The number of benzene rings is 2. The van der Waals surface area contributed by atoms with Gasteiger partial charge in [0, 0.05) is 15.2 Å². The van der Waals surface area contributed by atoms with Crippen LogP contribution in [0.25, 0.3) is 0 Å². The summed E-state index contributed by atoms with van der Waals surface area (Å²) in [6.45, 7) is 3.39. The molecular formula is C17H15BrClNO3. The molecule has 0 spiro atoms. The minimum Gasteiger partial charge on any atom is -0.449 e. The molecule has 0 unspecified atom stereocenters. The van der Waals surface area contributed by atoms with Crippen molar-refractivity contribution in [3.8, 4) is 0 Å². The second-order valence-electron chi connectivity index (χ2n) is 5.01. The van der Waals surface area contributed by atoms with Crippen LogP contribution in [-0.4, -0.2) is 18.0 Å². The van der Waals surface area contributed by atoms with Gasteiger partial charge in [0.05, 0.1) is 5.56 Å². The monoisotopic (exact) mass is 395 g/mol. The molecular weight excluding hydrogens is 382 g/mol. The number of ether oxygens (including phenoxy) is 1. The van der Waals surface area contributed by atoms with Crippen LogP contribution < -0.4 is 5.32 Å². The number of rotatable bonds is 4. The van der Waals surface area contributed by atoms with Crippen LogP contribution in [0.15, 0.2) is 46.9 Å². The topological polar surface area (TPSA) is 55.4 Å². The molecule has 0 bridgehead atoms. The summed E-state index contributed by atoms with van der Waals surface area (Å²) in [5.41, 5.74) is 1.85. The lowest BCUT2D eigenvalue weighted by atomic mass is 10.2. The molecule has 1 N–H and O–H groups in total. The van der Waals surface area contributed by atoms with Crippen LogP contribution in [0, 0.1) is 6.92 Å². The lowest BCUT2D eigenvalue weighted by Gasteiger charge is -2.14. The van der Waals surface area contributed by atoms with Gasteiger partial charge in [-0.05, 0) is 55.8 Å². The number of anilines is 1. The fourth-order valence-corrected chi connectivity index (χ4v) is 2.23. The van der Waals surface area contributed by atoms with Gasteiger partial charge in [0.1, 0.15) is 0 Å². The predicted molar refractivity (Wildman–Crippen MR) is 93.8 cm³/mol. The second kappa shape index (κ2) is 7.62. The quantitative estimate of drug-likeness (QED) is 0.769.